The highest BCUT2D eigenvalue weighted by Crippen LogP contribution is 2.24. The molecule has 0 saturated heterocycles. The smallest absolute Gasteiger partial charge is 0.212 e. The predicted octanol–water partition coefficient (Wildman–Crippen LogP) is 2.71. The molecular formula is C14H24N2O2S2. The molecule has 1 atom stereocenters. The molecule has 0 radical (unpaired) electrons. The molecule has 4 nitrogen and oxygen atoms in total. The molecule has 6 heteroatoms. The first kappa shape index (κ1) is 17.3. The van der Waals surface area contributed by atoms with Crippen LogP contribution in [0, 0.1) is 5.92 Å². The second-order valence-electron chi connectivity index (χ2n) is 5.08. The minimum atomic E-state index is -3.23. The van der Waals surface area contributed by atoms with Crippen LogP contribution in [0.15, 0.2) is 29.2 Å². The van der Waals surface area contributed by atoms with Crippen LogP contribution in [0.3, 0.4) is 0 Å². The molecule has 0 spiro atoms. The van der Waals surface area contributed by atoms with E-state index in [9.17, 15) is 8.42 Å². The Hall–Kier alpha value is -0.720. The number of hydrogen-bond donors (Lipinski definition) is 2. The molecule has 3 N–H and O–H groups in total. The van der Waals surface area contributed by atoms with E-state index in [2.05, 4.69) is 4.72 Å². The van der Waals surface area contributed by atoms with Crippen LogP contribution in [-0.4, -0.2) is 26.0 Å². The van der Waals surface area contributed by atoms with Crippen molar-refractivity contribution in [3.8, 4) is 0 Å². The second kappa shape index (κ2) is 7.90. The second-order valence-corrected chi connectivity index (χ2v) is 8.09. The van der Waals surface area contributed by atoms with Gasteiger partial charge in [-0.25, -0.2) is 13.1 Å². The van der Waals surface area contributed by atoms with Crippen LogP contribution in [-0.2, 0) is 10.0 Å². The van der Waals surface area contributed by atoms with E-state index in [0.717, 1.165) is 11.3 Å². The van der Waals surface area contributed by atoms with Gasteiger partial charge in [0.25, 0.3) is 0 Å². The van der Waals surface area contributed by atoms with E-state index >= 15 is 0 Å². The number of nitrogens with two attached hydrogens (primary N) is 1. The van der Waals surface area contributed by atoms with Crippen LogP contribution in [0.25, 0.3) is 0 Å². The first-order chi connectivity index (χ1) is 9.35. The van der Waals surface area contributed by atoms with Crippen molar-refractivity contribution >= 4 is 27.5 Å². The summed E-state index contributed by atoms with van der Waals surface area (Å²) in [5.74, 6) is 0.903. The Morgan fingerprint density at radius 2 is 1.95 bits per heavy atom. The van der Waals surface area contributed by atoms with Gasteiger partial charge in [-0.3, -0.25) is 0 Å². The summed E-state index contributed by atoms with van der Waals surface area (Å²) < 4.78 is 26.8. The minimum Gasteiger partial charge on any atom is -0.398 e. The summed E-state index contributed by atoms with van der Waals surface area (Å²) in [6.07, 6.45) is 0.801. The maximum absolute atomic E-state index is 12.0. The minimum absolute atomic E-state index is 0.00629. The average molecular weight is 316 g/mol. The van der Waals surface area contributed by atoms with Gasteiger partial charge in [-0.2, -0.15) is 0 Å². The first-order valence-electron chi connectivity index (χ1n) is 6.83. The molecular weight excluding hydrogens is 292 g/mol. The van der Waals surface area contributed by atoms with Crippen LogP contribution in [0.2, 0.25) is 0 Å². The Balaban J connectivity index is 2.50. The highest BCUT2D eigenvalue weighted by atomic mass is 32.2. The number of hydrogen-bond acceptors (Lipinski definition) is 4. The zero-order valence-electron chi connectivity index (χ0n) is 12.3. The molecule has 0 aliphatic carbocycles. The summed E-state index contributed by atoms with van der Waals surface area (Å²) in [6.45, 7) is 6.04. The quantitative estimate of drug-likeness (QED) is 0.571. The van der Waals surface area contributed by atoms with Crippen LogP contribution in [0.5, 0.6) is 0 Å². The SMILES string of the molecule is CCC(NS(=O)(=O)CCSc1ccccc1N)C(C)C. The number of nitrogen functional groups attached to an aromatic ring is 1. The fourth-order valence-electron chi connectivity index (χ4n) is 1.85. The molecule has 0 bridgehead atoms. The normalized spacial score (nSPS) is 13.6. The van der Waals surface area contributed by atoms with Gasteiger partial charge in [-0.1, -0.05) is 32.9 Å². The average Bonchev–Trinajstić information content (AvgIpc) is 2.38. The summed E-state index contributed by atoms with van der Waals surface area (Å²) in [6, 6.07) is 7.50. The summed E-state index contributed by atoms with van der Waals surface area (Å²) in [4.78, 5) is 0.929. The molecule has 0 aliphatic rings. The highest BCUT2D eigenvalue weighted by Gasteiger charge is 2.19. The monoisotopic (exact) mass is 316 g/mol. The summed E-state index contributed by atoms with van der Waals surface area (Å²) >= 11 is 1.47. The number of rotatable bonds is 8. The molecule has 0 amide bonds. The van der Waals surface area contributed by atoms with Gasteiger partial charge in [-0.05, 0) is 24.5 Å². The van der Waals surface area contributed by atoms with Crippen molar-refractivity contribution in [2.75, 3.05) is 17.2 Å². The van der Waals surface area contributed by atoms with Crippen LogP contribution >= 0.6 is 11.8 Å². The zero-order valence-corrected chi connectivity index (χ0v) is 13.9. The standard InChI is InChI=1S/C14H24N2O2S2/c1-4-13(11(2)3)16-20(17,18)10-9-19-14-8-6-5-7-12(14)15/h5-8,11,13,16H,4,9-10,15H2,1-3H3. The molecule has 0 aliphatic heterocycles. The topological polar surface area (TPSA) is 72.2 Å². The van der Waals surface area contributed by atoms with Gasteiger partial charge in [0.05, 0.1) is 5.75 Å². The van der Waals surface area contributed by atoms with E-state index < -0.39 is 10.0 Å². The molecule has 1 aromatic rings. The first-order valence-corrected chi connectivity index (χ1v) is 9.46. The lowest BCUT2D eigenvalue weighted by Crippen LogP contribution is -2.39. The molecule has 0 saturated carbocycles. The third-order valence-corrected chi connectivity index (χ3v) is 5.86. The fraction of sp³-hybridized carbons (Fsp3) is 0.571. The third kappa shape index (κ3) is 5.73. The fourth-order valence-corrected chi connectivity index (χ4v) is 4.71. The van der Waals surface area contributed by atoms with Gasteiger partial charge in [0.15, 0.2) is 0 Å². The van der Waals surface area contributed by atoms with E-state index in [-0.39, 0.29) is 11.8 Å². The molecule has 1 rings (SSSR count). The Morgan fingerprint density at radius 1 is 1.30 bits per heavy atom. The molecule has 1 unspecified atom stereocenters. The van der Waals surface area contributed by atoms with Gasteiger partial charge < -0.3 is 5.73 Å². The van der Waals surface area contributed by atoms with Crippen molar-refractivity contribution in [1.29, 1.82) is 0 Å². The van der Waals surface area contributed by atoms with E-state index in [0.29, 0.717) is 17.4 Å². The van der Waals surface area contributed by atoms with Gasteiger partial charge in [-0.15, -0.1) is 11.8 Å². The van der Waals surface area contributed by atoms with Crippen molar-refractivity contribution in [2.45, 2.75) is 38.1 Å². The molecule has 20 heavy (non-hydrogen) atoms. The largest absolute Gasteiger partial charge is 0.398 e. The van der Waals surface area contributed by atoms with Crippen LogP contribution in [0.1, 0.15) is 27.2 Å². The number of nitrogens with one attached hydrogen (secondary N) is 1. The Bertz CT molecular complexity index is 516. The Kier molecular flexibility index (Phi) is 6.85. The molecule has 0 heterocycles. The zero-order chi connectivity index (χ0) is 15.2. The lowest BCUT2D eigenvalue weighted by atomic mass is 10.0. The number of benzene rings is 1. The lowest BCUT2D eigenvalue weighted by molar-refractivity contribution is 0.437. The highest BCUT2D eigenvalue weighted by molar-refractivity contribution is 8.00. The Labute approximate surface area is 126 Å². The van der Waals surface area contributed by atoms with Gasteiger partial charge >= 0.3 is 0 Å². The van der Waals surface area contributed by atoms with E-state index in [1.807, 2.05) is 45.0 Å². The van der Waals surface area contributed by atoms with Crippen molar-refractivity contribution in [3.05, 3.63) is 24.3 Å². The van der Waals surface area contributed by atoms with Crippen molar-refractivity contribution in [1.82, 2.24) is 4.72 Å². The summed E-state index contributed by atoms with van der Waals surface area (Å²) in [5.41, 5.74) is 6.52. The predicted molar refractivity (Wildman–Crippen MR) is 87.4 cm³/mol. The number of thioether (sulfide) groups is 1. The molecule has 1 aromatic carbocycles. The van der Waals surface area contributed by atoms with Crippen LogP contribution in [0.4, 0.5) is 5.69 Å². The number of anilines is 1. The maximum atomic E-state index is 12.0. The molecule has 114 valence electrons. The van der Waals surface area contributed by atoms with Crippen molar-refractivity contribution in [3.63, 3.8) is 0 Å². The number of para-hydroxylation sites is 1. The lowest BCUT2D eigenvalue weighted by Gasteiger charge is -2.20. The van der Waals surface area contributed by atoms with Gasteiger partial charge in [0.1, 0.15) is 0 Å². The molecule has 0 aromatic heterocycles. The summed E-state index contributed by atoms with van der Waals surface area (Å²) in [7, 11) is -3.23. The van der Waals surface area contributed by atoms with Crippen molar-refractivity contribution in [2.24, 2.45) is 5.92 Å². The maximum Gasteiger partial charge on any atom is 0.212 e. The summed E-state index contributed by atoms with van der Waals surface area (Å²) in [5, 5.41) is 0. The van der Waals surface area contributed by atoms with Crippen LogP contribution < -0.4 is 10.5 Å². The van der Waals surface area contributed by atoms with E-state index in [1.54, 1.807) is 0 Å². The van der Waals surface area contributed by atoms with Crippen molar-refractivity contribution < 1.29 is 8.42 Å². The van der Waals surface area contributed by atoms with Gasteiger partial charge in [0, 0.05) is 22.4 Å². The third-order valence-electron chi connectivity index (χ3n) is 3.10. The Morgan fingerprint density at radius 3 is 2.50 bits per heavy atom. The number of sulfonamides is 1. The van der Waals surface area contributed by atoms with E-state index in [4.69, 9.17) is 5.73 Å². The van der Waals surface area contributed by atoms with Gasteiger partial charge in [0.2, 0.25) is 10.0 Å². The van der Waals surface area contributed by atoms with E-state index in [1.165, 1.54) is 11.8 Å². The molecule has 0 fully saturated rings.